The van der Waals surface area contributed by atoms with Gasteiger partial charge in [-0.15, -0.1) is 11.8 Å². The van der Waals surface area contributed by atoms with Crippen LogP contribution in [0.1, 0.15) is 26.3 Å². The van der Waals surface area contributed by atoms with Gasteiger partial charge in [-0.05, 0) is 31.7 Å². The SMILES string of the molecule is CCSc1cccc(N(C)C(C)(C)CO)c1C(=N)N. The summed E-state index contributed by atoms with van der Waals surface area (Å²) >= 11 is 1.67. The number of thioether (sulfide) groups is 1. The van der Waals surface area contributed by atoms with Crippen LogP contribution in [0.2, 0.25) is 0 Å². The third kappa shape index (κ3) is 3.42. The average Bonchev–Trinajstić information content (AvgIpc) is 2.37. The number of aliphatic hydroxyl groups is 1. The van der Waals surface area contributed by atoms with E-state index in [4.69, 9.17) is 11.1 Å². The fraction of sp³-hybridized carbons (Fsp3) is 0.500. The van der Waals surface area contributed by atoms with Gasteiger partial charge in [0.15, 0.2) is 0 Å². The fourth-order valence-electron chi connectivity index (χ4n) is 1.78. The molecule has 0 heterocycles. The molecule has 0 amide bonds. The van der Waals surface area contributed by atoms with Gasteiger partial charge in [-0.3, -0.25) is 5.41 Å². The number of hydrogen-bond acceptors (Lipinski definition) is 4. The van der Waals surface area contributed by atoms with E-state index in [1.54, 1.807) is 11.8 Å². The van der Waals surface area contributed by atoms with Gasteiger partial charge < -0.3 is 15.7 Å². The summed E-state index contributed by atoms with van der Waals surface area (Å²) in [4.78, 5) is 2.98. The first-order valence-electron chi connectivity index (χ1n) is 6.30. The number of rotatable bonds is 6. The lowest BCUT2D eigenvalue weighted by molar-refractivity contribution is 0.216. The third-order valence-electron chi connectivity index (χ3n) is 3.23. The van der Waals surface area contributed by atoms with Crippen molar-refractivity contribution >= 4 is 23.3 Å². The summed E-state index contributed by atoms with van der Waals surface area (Å²) in [6.45, 7) is 6.02. The lowest BCUT2D eigenvalue weighted by Crippen LogP contribution is -2.45. The highest BCUT2D eigenvalue weighted by Gasteiger charge is 2.26. The minimum Gasteiger partial charge on any atom is -0.394 e. The number of aliphatic hydroxyl groups excluding tert-OH is 1. The van der Waals surface area contributed by atoms with Crippen LogP contribution in [0.4, 0.5) is 5.69 Å². The molecule has 0 radical (unpaired) electrons. The molecule has 0 atom stereocenters. The topological polar surface area (TPSA) is 73.3 Å². The van der Waals surface area contributed by atoms with Crippen molar-refractivity contribution in [3.8, 4) is 0 Å². The van der Waals surface area contributed by atoms with E-state index in [-0.39, 0.29) is 12.4 Å². The molecule has 0 saturated heterocycles. The number of nitrogens with zero attached hydrogens (tertiary/aromatic N) is 1. The predicted molar refractivity (Wildman–Crippen MR) is 83.4 cm³/mol. The fourth-order valence-corrected chi connectivity index (χ4v) is 2.62. The normalized spacial score (nSPS) is 11.4. The zero-order valence-electron chi connectivity index (χ0n) is 12.0. The first-order chi connectivity index (χ1) is 8.85. The Morgan fingerprint density at radius 1 is 1.47 bits per heavy atom. The van der Waals surface area contributed by atoms with Gasteiger partial charge in [-0.2, -0.15) is 0 Å². The number of amidine groups is 1. The van der Waals surface area contributed by atoms with Gasteiger partial charge in [0.2, 0.25) is 0 Å². The summed E-state index contributed by atoms with van der Waals surface area (Å²) in [6.07, 6.45) is 0. The summed E-state index contributed by atoms with van der Waals surface area (Å²) in [5.74, 6) is 0.990. The summed E-state index contributed by atoms with van der Waals surface area (Å²) in [5, 5.41) is 17.3. The molecule has 5 heteroatoms. The molecular formula is C14H23N3OS. The molecule has 0 aliphatic heterocycles. The van der Waals surface area contributed by atoms with Crippen molar-refractivity contribution in [2.45, 2.75) is 31.2 Å². The Morgan fingerprint density at radius 2 is 2.11 bits per heavy atom. The average molecular weight is 281 g/mol. The minimum absolute atomic E-state index is 0.0337. The zero-order chi connectivity index (χ0) is 14.6. The number of anilines is 1. The van der Waals surface area contributed by atoms with E-state index in [1.165, 1.54) is 0 Å². The molecule has 4 N–H and O–H groups in total. The second-order valence-corrected chi connectivity index (χ2v) is 6.33. The van der Waals surface area contributed by atoms with Crippen molar-refractivity contribution in [1.29, 1.82) is 5.41 Å². The van der Waals surface area contributed by atoms with Crippen molar-refractivity contribution in [2.75, 3.05) is 24.3 Å². The van der Waals surface area contributed by atoms with E-state index < -0.39 is 5.54 Å². The molecule has 0 aromatic heterocycles. The maximum absolute atomic E-state index is 9.50. The molecule has 0 fully saturated rings. The lowest BCUT2D eigenvalue weighted by atomic mass is 10.0. The standard InChI is InChI=1S/C14H23N3OS/c1-5-19-11-8-6-7-10(12(11)13(15)16)17(4)14(2,3)9-18/h6-8,18H,5,9H2,1-4H3,(H3,15,16). The van der Waals surface area contributed by atoms with E-state index in [2.05, 4.69) is 6.92 Å². The van der Waals surface area contributed by atoms with Crippen LogP contribution in [0.3, 0.4) is 0 Å². The third-order valence-corrected chi connectivity index (χ3v) is 4.17. The number of likely N-dealkylation sites (N-methyl/N-ethyl adjacent to an activating group) is 1. The number of hydrogen-bond donors (Lipinski definition) is 3. The molecule has 0 aliphatic carbocycles. The van der Waals surface area contributed by atoms with Crippen LogP contribution in [0, 0.1) is 5.41 Å². The van der Waals surface area contributed by atoms with Gasteiger partial charge in [-0.25, -0.2) is 0 Å². The second kappa shape index (κ2) is 6.30. The van der Waals surface area contributed by atoms with E-state index >= 15 is 0 Å². The molecule has 1 aromatic carbocycles. The van der Waals surface area contributed by atoms with Crippen LogP contribution in [0.25, 0.3) is 0 Å². The van der Waals surface area contributed by atoms with Crippen LogP contribution < -0.4 is 10.6 Å². The molecule has 106 valence electrons. The molecule has 19 heavy (non-hydrogen) atoms. The van der Waals surface area contributed by atoms with Crippen LogP contribution in [-0.4, -0.2) is 35.9 Å². The molecule has 4 nitrogen and oxygen atoms in total. The van der Waals surface area contributed by atoms with Crippen molar-refractivity contribution in [3.05, 3.63) is 23.8 Å². The van der Waals surface area contributed by atoms with Crippen molar-refractivity contribution in [1.82, 2.24) is 0 Å². The number of nitrogens with two attached hydrogens (primary N) is 1. The number of benzene rings is 1. The number of nitrogen functional groups attached to an aromatic ring is 1. The Hall–Kier alpha value is -1.20. The predicted octanol–water partition coefficient (Wildman–Crippen LogP) is 2.29. The number of nitrogens with one attached hydrogen (secondary N) is 1. The first kappa shape index (κ1) is 15.9. The van der Waals surface area contributed by atoms with Crippen LogP contribution in [0.15, 0.2) is 23.1 Å². The van der Waals surface area contributed by atoms with E-state index in [0.717, 1.165) is 21.9 Å². The summed E-state index contributed by atoms with van der Waals surface area (Å²) in [5.41, 5.74) is 6.97. The molecule has 0 unspecified atom stereocenters. The van der Waals surface area contributed by atoms with Gasteiger partial charge >= 0.3 is 0 Å². The molecule has 1 aromatic rings. The smallest absolute Gasteiger partial charge is 0.126 e. The maximum atomic E-state index is 9.50. The van der Waals surface area contributed by atoms with Gasteiger partial charge in [0.25, 0.3) is 0 Å². The van der Waals surface area contributed by atoms with E-state index in [0.29, 0.717) is 0 Å². The summed E-state index contributed by atoms with van der Waals surface area (Å²) in [7, 11) is 1.92. The highest BCUT2D eigenvalue weighted by Crippen LogP contribution is 2.32. The van der Waals surface area contributed by atoms with Gasteiger partial charge in [0.05, 0.1) is 17.7 Å². The molecule has 1 rings (SSSR count). The van der Waals surface area contributed by atoms with Crippen LogP contribution >= 0.6 is 11.8 Å². The molecule has 0 spiro atoms. The molecule has 0 aliphatic rings. The Kier molecular flexibility index (Phi) is 5.26. The highest BCUT2D eigenvalue weighted by molar-refractivity contribution is 7.99. The van der Waals surface area contributed by atoms with Crippen LogP contribution in [-0.2, 0) is 0 Å². The Morgan fingerprint density at radius 3 is 2.58 bits per heavy atom. The van der Waals surface area contributed by atoms with Crippen LogP contribution in [0.5, 0.6) is 0 Å². The highest BCUT2D eigenvalue weighted by atomic mass is 32.2. The van der Waals surface area contributed by atoms with Crippen molar-refractivity contribution in [3.63, 3.8) is 0 Å². The molecule has 0 saturated carbocycles. The largest absolute Gasteiger partial charge is 0.394 e. The Balaban J connectivity index is 3.35. The summed E-state index contributed by atoms with van der Waals surface area (Å²) < 4.78 is 0. The molecule has 0 bridgehead atoms. The monoisotopic (exact) mass is 281 g/mol. The minimum atomic E-state index is -0.403. The first-order valence-corrected chi connectivity index (χ1v) is 7.28. The van der Waals surface area contributed by atoms with E-state index in [1.807, 2.05) is 44.0 Å². The van der Waals surface area contributed by atoms with E-state index in [9.17, 15) is 5.11 Å². The zero-order valence-corrected chi connectivity index (χ0v) is 12.8. The van der Waals surface area contributed by atoms with Gasteiger partial charge in [0, 0.05) is 17.6 Å². The van der Waals surface area contributed by atoms with Crippen molar-refractivity contribution in [2.24, 2.45) is 5.73 Å². The second-order valence-electron chi connectivity index (χ2n) is 5.03. The quantitative estimate of drug-likeness (QED) is 0.425. The Labute approximate surface area is 119 Å². The molecular weight excluding hydrogens is 258 g/mol. The Bertz CT molecular complexity index is 460. The van der Waals surface area contributed by atoms with Crippen molar-refractivity contribution < 1.29 is 5.11 Å². The maximum Gasteiger partial charge on any atom is 0.126 e. The summed E-state index contributed by atoms with van der Waals surface area (Å²) in [6, 6.07) is 5.88. The van der Waals surface area contributed by atoms with Gasteiger partial charge in [-0.1, -0.05) is 13.0 Å². The van der Waals surface area contributed by atoms with Gasteiger partial charge in [0.1, 0.15) is 5.84 Å². The lowest BCUT2D eigenvalue weighted by Gasteiger charge is -2.37.